The summed E-state index contributed by atoms with van der Waals surface area (Å²) >= 11 is 0. The molecular formula is C16H20N4O. The van der Waals surface area contributed by atoms with Crippen molar-refractivity contribution in [3.63, 3.8) is 0 Å². The lowest BCUT2D eigenvalue weighted by Crippen LogP contribution is -2.30. The molecule has 3 heterocycles. The zero-order valence-corrected chi connectivity index (χ0v) is 12.4. The predicted molar refractivity (Wildman–Crippen MR) is 81.2 cm³/mol. The summed E-state index contributed by atoms with van der Waals surface area (Å²) in [6.45, 7) is 5.44. The normalized spacial score (nSPS) is 21.4. The Morgan fingerprint density at radius 3 is 2.57 bits per heavy atom. The van der Waals surface area contributed by atoms with Crippen molar-refractivity contribution in [2.24, 2.45) is 5.92 Å². The van der Waals surface area contributed by atoms with Crippen molar-refractivity contribution in [3.05, 3.63) is 47.5 Å². The Morgan fingerprint density at radius 2 is 1.86 bits per heavy atom. The number of hydrogen-bond acceptors (Lipinski definition) is 5. The summed E-state index contributed by atoms with van der Waals surface area (Å²) in [5, 5.41) is 3.43. The van der Waals surface area contributed by atoms with E-state index in [1.807, 2.05) is 32.3 Å². The Bertz CT molecular complexity index is 582. The number of aryl methyl sites for hydroxylation is 2. The maximum Gasteiger partial charge on any atom is 0.223 e. The highest BCUT2D eigenvalue weighted by Gasteiger charge is 2.29. The first-order valence-electron chi connectivity index (χ1n) is 7.26. The molecule has 110 valence electrons. The third-order valence-electron chi connectivity index (χ3n) is 3.74. The van der Waals surface area contributed by atoms with E-state index in [0.29, 0.717) is 18.5 Å². The first-order chi connectivity index (χ1) is 10.2. The third-order valence-corrected chi connectivity index (χ3v) is 3.74. The van der Waals surface area contributed by atoms with Gasteiger partial charge in [0.05, 0.1) is 19.3 Å². The van der Waals surface area contributed by atoms with Crippen LogP contribution < -0.4 is 5.32 Å². The molecular weight excluding hydrogens is 264 g/mol. The van der Waals surface area contributed by atoms with Gasteiger partial charge in [-0.25, -0.2) is 9.97 Å². The predicted octanol–water partition coefficient (Wildman–Crippen LogP) is 2.16. The van der Waals surface area contributed by atoms with Gasteiger partial charge in [-0.05, 0) is 44.0 Å². The number of nitrogens with zero attached hydrogens (tertiary/aromatic N) is 3. The highest BCUT2D eigenvalue weighted by atomic mass is 16.5. The van der Waals surface area contributed by atoms with Crippen LogP contribution in [0.2, 0.25) is 0 Å². The summed E-state index contributed by atoms with van der Waals surface area (Å²) in [5.74, 6) is 1.12. The monoisotopic (exact) mass is 284 g/mol. The lowest BCUT2D eigenvalue weighted by atomic mass is 9.95. The van der Waals surface area contributed by atoms with Crippen molar-refractivity contribution >= 4 is 5.95 Å². The van der Waals surface area contributed by atoms with E-state index in [0.717, 1.165) is 24.4 Å². The van der Waals surface area contributed by atoms with E-state index in [1.165, 1.54) is 5.56 Å². The van der Waals surface area contributed by atoms with E-state index in [9.17, 15) is 0 Å². The van der Waals surface area contributed by atoms with E-state index >= 15 is 0 Å². The van der Waals surface area contributed by atoms with Crippen molar-refractivity contribution < 1.29 is 4.74 Å². The third kappa shape index (κ3) is 3.55. The molecule has 0 amide bonds. The molecule has 1 saturated heterocycles. The molecule has 0 bridgehead atoms. The summed E-state index contributed by atoms with van der Waals surface area (Å²) < 4.78 is 5.64. The Balaban J connectivity index is 1.69. The summed E-state index contributed by atoms with van der Waals surface area (Å²) in [7, 11) is 0. The van der Waals surface area contributed by atoms with Crippen LogP contribution in [0, 0.1) is 19.8 Å². The van der Waals surface area contributed by atoms with Crippen LogP contribution in [0.25, 0.3) is 0 Å². The molecule has 1 N–H and O–H groups in total. The van der Waals surface area contributed by atoms with Crippen molar-refractivity contribution in [2.75, 3.05) is 18.5 Å². The minimum absolute atomic E-state index is 0.249. The molecule has 0 saturated carbocycles. The second kappa shape index (κ2) is 6.18. The van der Waals surface area contributed by atoms with E-state index in [1.54, 1.807) is 0 Å². The van der Waals surface area contributed by atoms with E-state index in [-0.39, 0.29) is 6.04 Å². The Kier molecular flexibility index (Phi) is 4.10. The lowest BCUT2D eigenvalue weighted by Gasteiger charge is -2.19. The zero-order chi connectivity index (χ0) is 14.7. The topological polar surface area (TPSA) is 59.9 Å². The molecule has 1 aliphatic heterocycles. The van der Waals surface area contributed by atoms with Crippen LogP contribution in [0.15, 0.2) is 30.6 Å². The average Bonchev–Trinajstić information content (AvgIpc) is 2.86. The van der Waals surface area contributed by atoms with Gasteiger partial charge in [-0.15, -0.1) is 0 Å². The van der Waals surface area contributed by atoms with Gasteiger partial charge in [0.1, 0.15) is 0 Å². The zero-order valence-electron chi connectivity index (χ0n) is 12.4. The van der Waals surface area contributed by atoms with Crippen molar-refractivity contribution in [2.45, 2.75) is 26.3 Å². The molecule has 5 heteroatoms. The second-order valence-corrected chi connectivity index (χ2v) is 5.58. The van der Waals surface area contributed by atoms with Crippen molar-refractivity contribution in [1.29, 1.82) is 0 Å². The minimum Gasteiger partial charge on any atom is -0.379 e. The van der Waals surface area contributed by atoms with E-state index in [4.69, 9.17) is 4.74 Å². The van der Waals surface area contributed by atoms with Gasteiger partial charge in [0.25, 0.3) is 0 Å². The van der Waals surface area contributed by atoms with Crippen molar-refractivity contribution in [3.8, 4) is 0 Å². The van der Waals surface area contributed by atoms with Crippen molar-refractivity contribution in [1.82, 2.24) is 15.0 Å². The molecule has 1 fully saturated rings. The number of ether oxygens (including phenoxy) is 1. The molecule has 2 aromatic heterocycles. The maximum atomic E-state index is 5.64. The quantitative estimate of drug-likeness (QED) is 0.932. The summed E-state index contributed by atoms with van der Waals surface area (Å²) in [6.07, 6.45) is 4.65. The summed E-state index contributed by atoms with van der Waals surface area (Å²) in [6, 6.07) is 6.34. The van der Waals surface area contributed by atoms with Crippen LogP contribution in [0.1, 0.15) is 17.0 Å². The number of anilines is 1. The Labute approximate surface area is 124 Å². The minimum atomic E-state index is 0.249. The molecule has 5 nitrogen and oxygen atoms in total. The number of pyridine rings is 1. The standard InChI is InChI=1S/C16H20N4O/c1-11-7-12(2)19-16(18-11)20-15-10-21-9-14(15)8-13-3-5-17-6-4-13/h3-7,14-15H,8-10H2,1-2H3,(H,18,19,20)/t14-,15+/m1/s1. The van der Waals surface area contributed by atoms with Crippen LogP contribution >= 0.6 is 0 Å². The van der Waals surface area contributed by atoms with Gasteiger partial charge >= 0.3 is 0 Å². The van der Waals surface area contributed by atoms with Crippen LogP contribution in [0.3, 0.4) is 0 Å². The highest BCUT2D eigenvalue weighted by Crippen LogP contribution is 2.21. The maximum absolute atomic E-state index is 5.64. The fourth-order valence-corrected chi connectivity index (χ4v) is 2.74. The van der Waals surface area contributed by atoms with E-state index < -0.39 is 0 Å². The second-order valence-electron chi connectivity index (χ2n) is 5.58. The molecule has 3 rings (SSSR count). The molecule has 0 aliphatic carbocycles. The molecule has 0 spiro atoms. The molecule has 2 aromatic rings. The van der Waals surface area contributed by atoms with Gasteiger partial charge in [0, 0.05) is 29.7 Å². The van der Waals surface area contributed by atoms with Gasteiger partial charge in [-0.3, -0.25) is 4.98 Å². The summed E-state index contributed by atoms with van der Waals surface area (Å²) in [4.78, 5) is 13.0. The molecule has 0 aromatic carbocycles. The number of hydrogen-bond donors (Lipinski definition) is 1. The van der Waals surface area contributed by atoms with Gasteiger partial charge in [0.2, 0.25) is 5.95 Å². The summed E-state index contributed by atoms with van der Waals surface area (Å²) in [5.41, 5.74) is 3.25. The first-order valence-corrected chi connectivity index (χ1v) is 7.26. The largest absolute Gasteiger partial charge is 0.379 e. The van der Waals surface area contributed by atoms with Crippen LogP contribution in [-0.2, 0) is 11.2 Å². The smallest absolute Gasteiger partial charge is 0.223 e. The van der Waals surface area contributed by atoms with Gasteiger partial charge < -0.3 is 10.1 Å². The Morgan fingerprint density at radius 1 is 1.14 bits per heavy atom. The molecule has 0 radical (unpaired) electrons. The number of nitrogens with one attached hydrogen (secondary N) is 1. The fraction of sp³-hybridized carbons (Fsp3) is 0.438. The lowest BCUT2D eigenvalue weighted by molar-refractivity contribution is 0.185. The molecule has 0 unspecified atom stereocenters. The molecule has 2 atom stereocenters. The number of aromatic nitrogens is 3. The van der Waals surface area contributed by atoms with Crippen LogP contribution in [0.4, 0.5) is 5.95 Å². The van der Waals surface area contributed by atoms with Gasteiger partial charge in [-0.2, -0.15) is 0 Å². The first kappa shape index (κ1) is 13.9. The Hall–Kier alpha value is -2.01. The average molecular weight is 284 g/mol. The van der Waals surface area contributed by atoms with Crippen LogP contribution in [0.5, 0.6) is 0 Å². The van der Waals surface area contributed by atoms with Gasteiger partial charge in [0.15, 0.2) is 0 Å². The van der Waals surface area contributed by atoms with E-state index in [2.05, 4.69) is 32.4 Å². The highest BCUT2D eigenvalue weighted by molar-refractivity contribution is 5.30. The SMILES string of the molecule is Cc1cc(C)nc(N[C@H]2COC[C@H]2Cc2ccncc2)n1. The fourth-order valence-electron chi connectivity index (χ4n) is 2.74. The number of rotatable bonds is 4. The molecule has 21 heavy (non-hydrogen) atoms. The van der Waals surface area contributed by atoms with Gasteiger partial charge in [-0.1, -0.05) is 0 Å². The van der Waals surface area contributed by atoms with Crippen LogP contribution in [-0.4, -0.2) is 34.2 Å². The molecule has 1 aliphatic rings.